The van der Waals surface area contributed by atoms with Crippen molar-refractivity contribution in [2.24, 2.45) is 7.05 Å². The summed E-state index contributed by atoms with van der Waals surface area (Å²) in [4.78, 5) is 0. The molecule has 4 rings (SSSR count). The molecule has 4 aromatic rings. The molecule has 0 aliphatic rings. The molecule has 0 unspecified atom stereocenters. The van der Waals surface area contributed by atoms with Crippen molar-refractivity contribution in [3.63, 3.8) is 0 Å². The van der Waals surface area contributed by atoms with Gasteiger partial charge in [-0.1, -0.05) is 54.6 Å². The molecule has 0 saturated carbocycles. The molecule has 1 aromatic heterocycles. The van der Waals surface area contributed by atoms with Gasteiger partial charge in [0.15, 0.2) is 0 Å². The number of benzene rings is 3. The number of fused-ring (bicyclic) bond motifs is 3. The van der Waals surface area contributed by atoms with Crippen LogP contribution in [0.25, 0.3) is 32.9 Å². The van der Waals surface area contributed by atoms with Crippen molar-refractivity contribution in [3.05, 3.63) is 72.8 Å². The Labute approximate surface area is 118 Å². The third kappa shape index (κ3) is 1.56. The molecule has 0 atom stereocenters. The standard InChI is InChI=1S/C19H15N/c1-20-18-10-6-5-9-16(18)17-13-15(11-12-19(17)20)14-7-3-2-4-8-14/h2-13H,1H3. The molecule has 0 bridgehead atoms. The number of nitrogens with zero attached hydrogens (tertiary/aromatic N) is 1. The highest BCUT2D eigenvalue weighted by Crippen LogP contribution is 2.31. The molecular weight excluding hydrogens is 242 g/mol. The first-order chi connectivity index (χ1) is 9.84. The van der Waals surface area contributed by atoms with Crippen LogP contribution in [0.3, 0.4) is 0 Å². The van der Waals surface area contributed by atoms with E-state index in [0.717, 1.165) is 0 Å². The SMILES string of the molecule is Cn1c2ccccc2c2cc(-c3ccccc3)ccc21. The summed E-state index contributed by atoms with van der Waals surface area (Å²) in [6, 6.07) is 25.9. The molecule has 0 radical (unpaired) electrons. The van der Waals surface area contributed by atoms with E-state index in [1.165, 1.54) is 32.9 Å². The number of aromatic nitrogens is 1. The summed E-state index contributed by atoms with van der Waals surface area (Å²) in [5, 5.41) is 2.65. The van der Waals surface area contributed by atoms with Crippen LogP contribution in [0.5, 0.6) is 0 Å². The Morgan fingerprint density at radius 2 is 1.30 bits per heavy atom. The molecule has 3 aromatic carbocycles. The van der Waals surface area contributed by atoms with Gasteiger partial charge < -0.3 is 4.57 Å². The second kappa shape index (κ2) is 4.24. The van der Waals surface area contributed by atoms with Gasteiger partial charge in [0, 0.05) is 28.9 Å². The van der Waals surface area contributed by atoms with E-state index in [1.807, 2.05) is 0 Å². The topological polar surface area (TPSA) is 4.93 Å². The Kier molecular flexibility index (Phi) is 2.40. The largest absolute Gasteiger partial charge is 0.344 e. The predicted octanol–water partition coefficient (Wildman–Crippen LogP) is 5.00. The molecule has 1 heteroatoms. The lowest BCUT2D eigenvalue weighted by atomic mass is 10.0. The summed E-state index contributed by atoms with van der Waals surface area (Å²) < 4.78 is 2.26. The third-order valence-electron chi connectivity index (χ3n) is 4.02. The van der Waals surface area contributed by atoms with Crippen molar-refractivity contribution < 1.29 is 0 Å². The fraction of sp³-hybridized carbons (Fsp3) is 0.0526. The Morgan fingerprint density at radius 1 is 0.600 bits per heavy atom. The van der Waals surface area contributed by atoms with Crippen molar-refractivity contribution in [1.82, 2.24) is 4.57 Å². The molecule has 0 saturated heterocycles. The lowest BCUT2D eigenvalue weighted by molar-refractivity contribution is 1.01. The van der Waals surface area contributed by atoms with E-state index in [4.69, 9.17) is 0 Å². The van der Waals surface area contributed by atoms with E-state index in [-0.39, 0.29) is 0 Å². The molecule has 0 aliphatic heterocycles. The summed E-state index contributed by atoms with van der Waals surface area (Å²) in [7, 11) is 2.13. The first kappa shape index (κ1) is 11.3. The van der Waals surface area contributed by atoms with Crippen LogP contribution >= 0.6 is 0 Å². The van der Waals surface area contributed by atoms with Crippen LogP contribution in [-0.4, -0.2) is 4.57 Å². The molecule has 1 heterocycles. The van der Waals surface area contributed by atoms with Crippen LogP contribution < -0.4 is 0 Å². The molecule has 1 nitrogen and oxygen atoms in total. The van der Waals surface area contributed by atoms with E-state index >= 15 is 0 Å². The van der Waals surface area contributed by atoms with Gasteiger partial charge in [-0.25, -0.2) is 0 Å². The van der Waals surface area contributed by atoms with Crippen LogP contribution in [0.1, 0.15) is 0 Å². The van der Waals surface area contributed by atoms with Crippen molar-refractivity contribution in [2.75, 3.05) is 0 Å². The van der Waals surface area contributed by atoms with E-state index in [0.29, 0.717) is 0 Å². The summed E-state index contributed by atoms with van der Waals surface area (Å²) in [5.74, 6) is 0. The summed E-state index contributed by atoms with van der Waals surface area (Å²) in [6.45, 7) is 0. The van der Waals surface area contributed by atoms with Crippen molar-refractivity contribution in [3.8, 4) is 11.1 Å². The zero-order chi connectivity index (χ0) is 13.5. The average Bonchev–Trinajstić information content (AvgIpc) is 2.81. The number of hydrogen-bond acceptors (Lipinski definition) is 0. The second-order valence-corrected chi connectivity index (χ2v) is 5.17. The second-order valence-electron chi connectivity index (χ2n) is 5.17. The van der Waals surface area contributed by atoms with Gasteiger partial charge in [-0.15, -0.1) is 0 Å². The van der Waals surface area contributed by atoms with E-state index in [1.54, 1.807) is 0 Å². The summed E-state index contributed by atoms with van der Waals surface area (Å²) >= 11 is 0. The van der Waals surface area contributed by atoms with Gasteiger partial charge in [-0.3, -0.25) is 0 Å². The predicted molar refractivity (Wildman–Crippen MR) is 85.9 cm³/mol. The van der Waals surface area contributed by atoms with Crippen LogP contribution in [0.2, 0.25) is 0 Å². The van der Waals surface area contributed by atoms with E-state index < -0.39 is 0 Å². The number of para-hydroxylation sites is 1. The minimum Gasteiger partial charge on any atom is -0.344 e. The van der Waals surface area contributed by atoms with Crippen molar-refractivity contribution >= 4 is 21.8 Å². The van der Waals surface area contributed by atoms with Crippen molar-refractivity contribution in [2.45, 2.75) is 0 Å². The minimum atomic E-state index is 1.27. The van der Waals surface area contributed by atoms with Crippen LogP contribution in [0.15, 0.2) is 72.8 Å². The summed E-state index contributed by atoms with van der Waals surface area (Å²) in [5.41, 5.74) is 5.11. The Balaban J connectivity index is 2.07. The smallest absolute Gasteiger partial charge is 0.0489 e. The number of aryl methyl sites for hydroxylation is 1. The van der Waals surface area contributed by atoms with Gasteiger partial charge in [0.05, 0.1) is 0 Å². The highest BCUT2D eigenvalue weighted by Gasteiger charge is 2.08. The lowest BCUT2D eigenvalue weighted by Crippen LogP contribution is -1.85. The van der Waals surface area contributed by atoms with Gasteiger partial charge in [0.2, 0.25) is 0 Å². The maximum atomic E-state index is 2.30. The highest BCUT2D eigenvalue weighted by atomic mass is 14.9. The average molecular weight is 257 g/mol. The fourth-order valence-electron chi connectivity index (χ4n) is 2.98. The zero-order valence-electron chi connectivity index (χ0n) is 11.4. The van der Waals surface area contributed by atoms with Gasteiger partial charge in [0.25, 0.3) is 0 Å². The van der Waals surface area contributed by atoms with Gasteiger partial charge in [-0.2, -0.15) is 0 Å². The minimum absolute atomic E-state index is 1.27. The Morgan fingerprint density at radius 3 is 2.15 bits per heavy atom. The highest BCUT2D eigenvalue weighted by molar-refractivity contribution is 6.09. The first-order valence-corrected chi connectivity index (χ1v) is 6.87. The monoisotopic (exact) mass is 257 g/mol. The maximum Gasteiger partial charge on any atom is 0.0489 e. The van der Waals surface area contributed by atoms with Crippen molar-refractivity contribution in [1.29, 1.82) is 0 Å². The molecule has 0 aliphatic carbocycles. The number of rotatable bonds is 1. The third-order valence-corrected chi connectivity index (χ3v) is 4.02. The molecule has 0 spiro atoms. The van der Waals surface area contributed by atoms with Gasteiger partial charge in [-0.05, 0) is 29.3 Å². The molecule has 0 fully saturated rings. The quantitative estimate of drug-likeness (QED) is 0.452. The van der Waals surface area contributed by atoms with Gasteiger partial charge in [0.1, 0.15) is 0 Å². The fourth-order valence-corrected chi connectivity index (χ4v) is 2.98. The maximum absolute atomic E-state index is 2.30. The molecular formula is C19H15N. The summed E-state index contributed by atoms with van der Waals surface area (Å²) in [6.07, 6.45) is 0. The Bertz CT molecular complexity index is 901. The first-order valence-electron chi connectivity index (χ1n) is 6.87. The van der Waals surface area contributed by atoms with Crippen LogP contribution in [-0.2, 0) is 7.05 Å². The molecule has 96 valence electrons. The van der Waals surface area contributed by atoms with Gasteiger partial charge >= 0.3 is 0 Å². The molecule has 20 heavy (non-hydrogen) atoms. The normalized spacial score (nSPS) is 11.2. The van der Waals surface area contributed by atoms with Crippen LogP contribution in [0.4, 0.5) is 0 Å². The zero-order valence-corrected chi connectivity index (χ0v) is 11.4. The molecule has 0 N–H and O–H groups in total. The molecule has 0 amide bonds. The lowest BCUT2D eigenvalue weighted by Gasteiger charge is -2.02. The van der Waals surface area contributed by atoms with E-state index in [9.17, 15) is 0 Å². The van der Waals surface area contributed by atoms with Crippen LogP contribution in [0, 0.1) is 0 Å². The van der Waals surface area contributed by atoms with E-state index in [2.05, 4.69) is 84.4 Å². The Hall–Kier alpha value is -2.54. The number of hydrogen-bond donors (Lipinski definition) is 0.